The molecule has 0 saturated heterocycles. The summed E-state index contributed by atoms with van der Waals surface area (Å²) in [6.45, 7) is 9.21. The molecule has 0 aromatic carbocycles. The maximum Gasteiger partial charge on any atom is 0.305 e. The van der Waals surface area contributed by atoms with Crippen LogP contribution in [0, 0.1) is 17.3 Å². The van der Waals surface area contributed by atoms with Crippen LogP contribution in [0.1, 0.15) is 73.1 Å². The first-order chi connectivity index (χ1) is 11.5. The Morgan fingerprint density at radius 3 is 2.44 bits per heavy atom. The number of ether oxygens (including phenoxy) is 1. The summed E-state index contributed by atoms with van der Waals surface area (Å²) in [4.78, 5) is 24.7. The molecule has 25 heavy (non-hydrogen) atoms. The van der Waals surface area contributed by atoms with Gasteiger partial charge in [0.05, 0.1) is 12.5 Å². The highest BCUT2D eigenvalue weighted by Gasteiger charge is 2.45. The number of esters is 1. The van der Waals surface area contributed by atoms with Gasteiger partial charge in [-0.25, -0.2) is 0 Å². The molecule has 2 atom stereocenters. The predicted octanol–water partition coefficient (Wildman–Crippen LogP) is 3.38. The van der Waals surface area contributed by atoms with E-state index in [2.05, 4.69) is 6.08 Å². The number of carbonyl (C=O) groups excluding carboxylic acids is 2. The molecule has 5 nitrogen and oxygen atoms in total. The van der Waals surface area contributed by atoms with Gasteiger partial charge >= 0.3 is 5.97 Å². The molecule has 0 fully saturated rings. The van der Waals surface area contributed by atoms with Crippen LogP contribution in [0.4, 0.5) is 0 Å². The van der Waals surface area contributed by atoms with Crippen LogP contribution in [0.15, 0.2) is 11.6 Å². The van der Waals surface area contributed by atoms with Gasteiger partial charge in [0.15, 0.2) is 5.79 Å². The lowest BCUT2D eigenvalue weighted by atomic mass is 9.73. The van der Waals surface area contributed by atoms with E-state index in [0.29, 0.717) is 25.9 Å². The Morgan fingerprint density at radius 1 is 1.16 bits per heavy atom. The van der Waals surface area contributed by atoms with Gasteiger partial charge in [-0.3, -0.25) is 9.59 Å². The van der Waals surface area contributed by atoms with E-state index in [1.165, 1.54) is 5.57 Å². The Bertz CT molecular complexity index is 504. The molecule has 1 aliphatic heterocycles. The van der Waals surface area contributed by atoms with Crippen molar-refractivity contribution in [1.82, 2.24) is 0 Å². The van der Waals surface area contributed by atoms with E-state index in [-0.39, 0.29) is 18.2 Å². The van der Waals surface area contributed by atoms with Gasteiger partial charge in [0, 0.05) is 17.8 Å². The molecule has 5 heteroatoms. The monoisotopic (exact) mass is 354 g/mol. The second kappa shape index (κ2) is 8.95. The van der Waals surface area contributed by atoms with Crippen LogP contribution >= 0.6 is 0 Å². The van der Waals surface area contributed by atoms with E-state index in [0.717, 1.165) is 12.8 Å². The summed E-state index contributed by atoms with van der Waals surface area (Å²) in [6, 6.07) is 0. The highest BCUT2D eigenvalue weighted by Crippen LogP contribution is 2.35. The van der Waals surface area contributed by atoms with Crippen LogP contribution in [-0.2, 0) is 14.3 Å². The van der Waals surface area contributed by atoms with Crippen LogP contribution in [0.3, 0.4) is 0 Å². The summed E-state index contributed by atoms with van der Waals surface area (Å²) in [5.41, 5.74) is 0.379. The number of allylic oxidation sites excluding steroid dienone is 1. The molecule has 1 aliphatic rings. The maximum atomic E-state index is 12.8. The van der Waals surface area contributed by atoms with E-state index in [1.54, 1.807) is 27.7 Å². The number of aliphatic hydroxyl groups is 2. The third-order valence-corrected chi connectivity index (χ3v) is 5.46. The van der Waals surface area contributed by atoms with Crippen molar-refractivity contribution in [3.05, 3.63) is 11.6 Å². The fourth-order valence-corrected chi connectivity index (χ4v) is 3.30. The molecule has 144 valence electrons. The molecule has 0 aromatic heterocycles. The lowest BCUT2D eigenvalue weighted by molar-refractivity contribution is -0.230. The Labute approximate surface area is 151 Å². The zero-order valence-corrected chi connectivity index (χ0v) is 16.3. The molecule has 0 radical (unpaired) electrons. The first-order valence-corrected chi connectivity index (χ1v) is 9.28. The van der Waals surface area contributed by atoms with Gasteiger partial charge in [-0.2, -0.15) is 0 Å². The molecule has 0 aliphatic carbocycles. The normalized spacial score (nSPS) is 31.7. The van der Waals surface area contributed by atoms with E-state index in [1.807, 2.05) is 6.92 Å². The van der Waals surface area contributed by atoms with Crippen molar-refractivity contribution < 1.29 is 24.5 Å². The number of ketones is 1. The fraction of sp³-hybridized carbons (Fsp3) is 0.800. The van der Waals surface area contributed by atoms with Gasteiger partial charge in [-0.05, 0) is 39.0 Å². The van der Waals surface area contributed by atoms with Crippen LogP contribution in [-0.4, -0.2) is 34.4 Å². The Kier molecular flexibility index (Phi) is 7.82. The summed E-state index contributed by atoms with van der Waals surface area (Å²) in [5, 5.41) is 21.1. The minimum atomic E-state index is -2.05. The van der Waals surface area contributed by atoms with Crippen LogP contribution in [0.2, 0.25) is 0 Å². The quantitative estimate of drug-likeness (QED) is 0.396. The summed E-state index contributed by atoms with van der Waals surface area (Å²) in [5.74, 6) is -3.94. The van der Waals surface area contributed by atoms with Crippen LogP contribution < -0.4 is 0 Å². The zero-order chi connectivity index (χ0) is 19.3. The maximum absolute atomic E-state index is 12.8. The minimum Gasteiger partial charge on any atom is -0.465 e. The lowest BCUT2D eigenvalue weighted by Crippen LogP contribution is -2.49. The van der Waals surface area contributed by atoms with Gasteiger partial charge in [0.1, 0.15) is 5.78 Å². The molecule has 2 unspecified atom stereocenters. The number of hydrogen-bond donors (Lipinski definition) is 2. The molecular formula is C20H34O5. The molecule has 0 saturated carbocycles. The summed E-state index contributed by atoms with van der Waals surface area (Å²) < 4.78 is 5.21. The second-order valence-electron chi connectivity index (χ2n) is 8.11. The smallest absolute Gasteiger partial charge is 0.305 e. The largest absolute Gasteiger partial charge is 0.465 e. The molecular weight excluding hydrogens is 320 g/mol. The molecule has 1 heterocycles. The Balaban J connectivity index is 2.98. The van der Waals surface area contributed by atoms with Crippen LogP contribution in [0.25, 0.3) is 0 Å². The number of Topliss-reactive ketones (excluding diaryl/α,β-unsaturated/α-hetero) is 1. The molecule has 1 rings (SSSR count). The van der Waals surface area contributed by atoms with Crippen molar-refractivity contribution in [3.8, 4) is 0 Å². The van der Waals surface area contributed by atoms with Gasteiger partial charge in [-0.1, -0.05) is 39.3 Å². The van der Waals surface area contributed by atoms with Crippen molar-refractivity contribution >= 4 is 11.8 Å². The third kappa shape index (κ3) is 6.23. The number of rotatable bonds is 0. The average molecular weight is 354 g/mol. The summed E-state index contributed by atoms with van der Waals surface area (Å²) in [7, 11) is 0. The molecule has 0 spiro atoms. The van der Waals surface area contributed by atoms with E-state index < -0.39 is 23.0 Å². The SMILES string of the molecule is C/C1=C/CCOC(=O)CCC(C)(C)C(=O)C(C)C(O)(O)C(C)CCC1. The Morgan fingerprint density at radius 2 is 1.80 bits per heavy atom. The van der Waals surface area contributed by atoms with E-state index >= 15 is 0 Å². The van der Waals surface area contributed by atoms with Gasteiger partial charge < -0.3 is 14.9 Å². The second-order valence-corrected chi connectivity index (χ2v) is 8.11. The topological polar surface area (TPSA) is 83.8 Å². The summed E-state index contributed by atoms with van der Waals surface area (Å²) in [6.07, 6.45) is 5.51. The van der Waals surface area contributed by atoms with Crippen molar-refractivity contribution in [1.29, 1.82) is 0 Å². The fourth-order valence-electron chi connectivity index (χ4n) is 3.30. The predicted molar refractivity (Wildman–Crippen MR) is 96.7 cm³/mol. The lowest BCUT2D eigenvalue weighted by Gasteiger charge is -2.37. The first kappa shape index (κ1) is 21.8. The van der Waals surface area contributed by atoms with Crippen molar-refractivity contribution in [2.75, 3.05) is 6.61 Å². The number of cyclic esters (lactones) is 1. The minimum absolute atomic E-state index is 0.146. The standard InChI is InChI=1S/C20H34O5/c1-14-8-6-10-15(2)20(23,24)16(3)18(22)19(4,5)12-11-17(21)25-13-7-9-14/h9,15-16,23-24H,6-8,10-13H2,1-5H3/b14-9-. The molecule has 0 amide bonds. The third-order valence-electron chi connectivity index (χ3n) is 5.46. The summed E-state index contributed by atoms with van der Waals surface area (Å²) >= 11 is 0. The Hall–Kier alpha value is -1.20. The van der Waals surface area contributed by atoms with Crippen molar-refractivity contribution in [2.24, 2.45) is 17.3 Å². The van der Waals surface area contributed by atoms with Gasteiger partial charge in [-0.15, -0.1) is 0 Å². The zero-order valence-electron chi connectivity index (χ0n) is 16.3. The molecule has 2 N–H and O–H groups in total. The number of carbonyl (C=O) groups is 2. The molecule has 0 bridgehead atoms. The van der Waals surface area contributed by atoms with Crippen molar-refractivity contribution in [3.63, 3.8) is 0 Å². The highest BCUT2D eigenvalue weighted by molar-refractivity contribution is 5.87. The first-order valence-electron chi connectivity index (χ1n) is 9.28. The van der Waals surface area contributed by atoms with Crippen LogP contribution in [0.5, 0.6) is 0 Å². The van der Waals surface area contributed by atoms with E-state index in [4.69, 9.17) is 4.74 Å². The average Bonchev–Trinajstić information content (AvgIpc) is 2.54. The highest BCUT2D eigenvalue weighted by atomic mass is 16.5. The van der Waals surface area contributed by atoms with Crippen molar-refractivity contribution in [2.45, 2.75) is 78.9 Å². The van der Waals surface area contributed by atoms with Gasteiger partial charge in [0.25, 0.3) is 0 Å². The van der Waals surface area contributed by atoms with E-state index in [9.17, 15) is 19.8 Å². The number of hydrogen-bond acceptors (Lipinski definition) is 5. The molecule has 0 aromatic rings. The van der Waals surface area contributed by atoms with Gasteiger partial charge in [0.2, 0.25) is 0 Å².